The number of hydrogen-bond acceptors (Lipinski definition) is 5. The normalized spacial score (nSPS) is 21.3. The SMILES string of the molecule is Cc1ccccc1CN1CCCC12CCCN(C(=O)c1cscn1)C2.O=C(O)C(F)(F)F. The summed E-state index contributed by atoms with van der Waals surface area (Å²) in [5.74, 6) is -2.66. The Morgan fingerprint density at radius 3 is 2.44 bits per heavy atom. The Morgan fingerprint density at radius 2 is 1.84 bits per heavy atom. The Balaban J connectivity index is 0.000000360. The maximum atomic E-state index is 12.8. The summed E-state index contributed by atoms with van der Waals surface area (Å²) in [6, 6.07) is 8.66. The molecule has 4 rings (SSSR count). The van der Waals surface area contributed by atoms with E-state index in [4.69, 9.17) is 9.90 Å². The predicted octanol–water partition coefficient (Wildman–Crippen LogP) is 4.36. The van der Waals surface area contributed by atoms with Gasteiger partial charge in [-0.25, -0.2) is 9.78 Å². The van der Waals surface area contributed by atoms with Crippen molar-refractivity contribution < 1.29 is 27.9 Å². The molecule has 0 saturated carbocycles. The van der Waals surface area contributed by atoms with Gasteiger partial charge in [-0.15, -0.1) is 11.3 Å². The van der Waals surface area contributed by atoms with Crippen LogP contribution < -0.4 is 0 Å². The molecule has 2 fully saturated rings. The van der Waals surface area contributed by atoms with Crippen molar-refractivity contribution in [3.8, 4) is 0 Å². The molecule has 3 heterocycles. The van der Waals surface area contributed by atoms with E-state index in [1.54, 1.807) is 5.51 Å². The van der Waals surface area contributed by atoms with E-state index in [1.165, 1.54) is 41.7 Å². The van der Waals surface area contributed by atoms with Crippen LogP contribution in [0.4, 0.5) is 13.2 Å². The summed E-state index contributed by atoms with van der Waals surface area (Å²) in [6.07, 6.45) is -0.385. The molecule has 1 unspecified atom stereocenters. The van der Waals surface area contributed by atoms with Gasteiger partial charge in [-0.3, -0.25) is 9.69 Å². The Kier molecular flexibility index (Phi) is 7.55. The van der Waals surface area contributed by atoms with Crippen molar-refractivity contribution >= 4 is 23.2 Å². The highest BCUT2D eigenvalue weighted by molar-refractivity contribution is 7.07. The standard InChI is InChI=1S/C20H25N3OS.C2HF3O2/c1-16-6-2-3-7-17(16)12-23-11-5-9-20(23)8-4-10-22(14-20)19(24)18-13-25-15-21-18;3-2(4,5)1(6)7/h2-3,6-7,13,15H,4-5,8-12,14H2,1H3;(H,6,7). The largest absolute Gasteiger partial charge is 0.490 e. The zero-order valence-electron chi connectivity index (χ0n) is 17.8. The van der Waals surface area contributed by atoms with Crippen molar-refractivity contribution in [2.75, 3.05) is 19.6 Å². The van der Waals surface area contributed by atoms with Gasteiger partial charge in [0.2, 0.25) is 0 Å². The molecule has 32 heavy (non-hydrogen) atoms. The van der Waals surface area contributed by atoms with Gasteiger partial charge >= 0.3 is 12.1 Å². The van der Waals surface area contributed by atoms with E-state index < -0.39 is 12.1 Å². The van der Waals surface area contributed by atoms with Gasteiger partial charge in [0.15, 0.2) is 0 Å². The summed E-state index contributed by atoms with van der Waals surface area (Å²) >= 11 is 1.49. The van der Waals surface area contributed by atoms with Gasteiger partial charge in [-0.1, -0.05) is 24.3 Å². The maximum absolute atomic E-state index is 12.8. The van der Waals surface area contributed by atoms with Gasteiger partial charge < -0.3 is 10.0 Å². The van der Waals surface area contributed by atoms with Crippen molar-refractivity contribution in [2.24, 2.45) is 0 Å². The molecule has 2 saturated heterocycles. The first kappa shape index (κ1) is 24.2. The summed E-state index contributed by atoms with van der Waals surface area (Å²) in [7, 11) is 0. The van der Waals surface area contributed by atoms with Crippen molar-refractivity contribution in [3.63, 3.8) is 0 Å². The highest BCUT2D eigenvalue weighted by Gasteiger charge is 2.45. The lowest BCUT2D eigenvalue weighted by molar-refractivity contribution is -0.192. The minimum atomic E-state index is -5.08. The van der Waals surface area contributed by atoms with E-state index in [9.17, 15) is 18.0 Å². The molecule has 10 heteroatoms. The number of nitrogens with zero attached hydrogens (tertiary/aromatic N) is 3. The van der Waals surface area contributed by atoms with Crippen LogP contribution in [-0.4, -0.2) is 63.1 Å². The second kappa shape index (κ2) is 9.99. The average molecular weight is 470 g/mol. The number of halogens is 3. The van der Waals surface area contributed by atoms with E-state index >= 15 is 0 Å². The molecule has 6 nitrogen and oxygen atoms in total. The van der Waals surface area contributed by atoms with Crippen molar-refractivity contribution in [2.45, 2.75) is 50.9 Å². The number of carbonyl (C=O) groups is 2. The quantitative estimate of drug-likeness (QED) is 0.723. The molecule has 0 bridgehead atoms. The highest BCUT2D eigenvalue weighted by atomic mass is 32.1. The van der Waals surface area contributed by atoms with Crippen LogP contribution in [0.3, 0.4) is 0 Å². The van der Waals surface area contributed by atoms with Crippen molar-refractivity contribution in [3.05, 3.63) is 52.0 Å². The van der Waals surface area contributed by atoms with E-state index in [2.05, 4.69) is 41.1 Å². The van der Waals surface area contributed by atoms with Crippen molar-refractivity contribution in [1.82, 2.24) is 14.8 Å². The number of carboxylic acids is 1. The Bertz CT molecular complexity index is 936. The molecule has 2 aliphatic rings. The monoisotopic (exact) mass is 469 g/mol. The fourth-order valence-corrected chi connectivity index (χ4v) is 4.99. The molecular weight excluding hydrogens is 443 g/mol. The lowest BCUT2D eigenvalue weighted by atomic mass is 9.86. The molecule has 0 radical (unpaired) electrons. The molecule has 2 aliphatic heterocycles. The first-order valence-electron chi connectivity index (χ1n) is 10.4. The summed E-state index contributed by atoms with van der Waals surface area (Å²) in [4.78, 5) is 30.6. The molecule has 1 aromatic heterocycles. The number of carboxylic acid groups (broad SMARTS) is 1. The van der Waals surface area contributed by atoms with E-state index in [1.807, 2.05) is 10.3 Å². The zero-order valence-corrected chi connectivity index (χ0v) is 18.6. The number of amides is 1. The molecule has 1 aromatic carbocycles. The number of aliphatic carboxylic acids is 1. The molecular formula is C22H26F3N3O3S. The van der Waals surface area contributed by atoms with Gasteiger partial charge in [0, 0.05) is 30.6 Å². The van der Waals surface area contributed by atoms with Crippen molar-refractivity contribution in [1.29, 1.82) is 0 Å². The van der Waals surface area contributed by atoms with Crippen LogP contribution in [0.15, 0.2) is 35.2 Å². The fraction of sp³-hybridized carbons (Fsp3) is 0.500. The minimum absolute atomic E-state index is 0.100. The Labute approximate surface area is 188 Å². The molecule has 1 N–H and O–H groups in total. The number of aryl methyl sites for hydroxylation is 1. The average Bonchev–Trinajstić information content (AvgIpc) is 3.40. The second-order valence-electron chi connectivity index (χ2n) is 8.18. The number of likely N-dealkylation sites (tertiary alicyclic amines) is 2. The summed E-state index contributed by atoms with van der Waals surface area (Å²) in [6.45, 7) is 6.01. The number of thiazole rings is 1. The summed E-state index contributed by atoms with van der Waals surface area (Å²) in [5.41, 5.74) is 5.26. The van der Waals surface area contributed by atoms with E-state index in [0.29, 0.717) is 5.69 Å². The predicted molar refractivity (Wildman–Crippen MR) is 114 cm³/mol. The Morgan fingerprint density at radius 1 is 1.19 bits per heavy atom. The topological polar surface area (TPSA) is 73.7 Å². The van der Waals surface area contributed by atoms with E-state index in [-0.39, 0.29) is 11.4 Å². The summed E-state index contributed by atoms with van der Waals surface area (Å²) in [5, 5.41) is 8.99. The fourth-order valence-electron chi connectivity index (χ4n) is 4.46. The lowest BCUT2D eigenvalue weighted by Gasteiger charge is -2.46. The lowest BCUT2D eigenvalue weighted by Crippen LogP contribution is -2.56. The van der Waals surface area contributed by atoms with Gasteiger partial charge in [0.1, 0.15) is 5.69 Å². The van der Waals surface area contributed by atoms with E-state index in [0.717, 1.165) is 32.6 Å². The smallest absolute Gasteiger partial charge is 0.475 e. The second-order valence-corrected chi connectivity index (χ2v) is 8.90. The number of aromatic nitrogens is 1. The number of rotatable bonds is 3. The Hall–Kier alpha value is -2.46. The number of benzene rings is 1. The number of piperidine rings is 1. The molecule has 1 atom stereocenters. The van der Waals surface area contributed by atoms with Crippen LogP contribution in [0.5, 0.6) is 0 Å². The first-order chi connectivity index (χ1) is 15.1. The van der Waals surface area contributed by atoms with Gasteiger partial charge in [-0.2, -0.15) is 13.2 Å². The molecule has 2 aromatic rings. The summed E-state index contributed by atoms with van der Waals surface area (Å²) < 4.78 is 31.7. The third kappa shape index (κ3) is 5.66. The minimum Gasteiger partial charge on any atom is -0.475 e. The number of hydrogen-bond donors (Lipinski definition) is 1. The van der Waals surface area contributed by atoms with Gasteiger partial charge in [0.25, 0.3) is 5.91 Å². The first-order valence-corrected chi connectivity index (χ1v) is 11.3. The van der Waals surface area contributed by atoms with Crippen LogP contribution in [0.2, 0.25) is 0 Å². The third-order valence-electron chi connectivity index (χ3n) is 6.10. The van der Waals surface area contributed by atoms with Crippen LogP contribution in [0.1, 0.15) is 47.3 Å². The maximum Gasteiger partial charge on any atom is 0.490 e. The van der Waals surface area contributed by atoms with Crippen LogP contribution >= 0.6 is 11.3 Å². The number of carbonyl (C=O) groups excluding carboxylic acids is 1. The molecule has 0 aliphatic carbocycles. The molecule has 1 amide bonds. The van der Waals surface area contributed by atoms with Gasteiger partial charge in [-0.05, 0) is 50.3 Å². The van der Waals surface area contributed by atoms with Gasteiger partial charge in [0.05, 0.1) is 5.51 Å². The number of alkyl halides is 3. The zero-order chi connectivity index (χ0) is 23.4. The molecule has 174 valence electrons. The van der Waals surface area contributed by atoms with Crippen LogP contribution in [0, 0.1) is 6.92 Å². The molecule has 1 spiro atoms. The third-order valence-corrected chi connectivity index (χ3v) is 6.69. The van der Waals surface area contributed by atoms with Crippen LogP contribution in [-0.2, 0) is 11.3 Å². The highest BCUT2D eigenvalue weighted by Crippen LogP contribution is 2.38. The van der Waals surface area contributed by atoms with Crippen LogP contribution in [0.25, 0.3) is 0 Å².